The maximum atomic E-state index is 12.2. The van der Waals surface area contributed by atoms with Crippen molar-refractivity contribution in [2.45, 2.75) is 25.0 Å². The second-order valence-electron chi connectivity index (χ2n) is 4.62. The van der Waals surface area contributed by atoms with Crippen LogP contribution in [0, 0.1) is 0 Å². The van der Waals surface area contributed by atoms with Gasteiger partial charge in [0, 0.05) is 12.7 Å². The van der Waals surface area contributed by atoms with E-state index >= 15 is 0 Å². The number of rotatable bonds is 4. The number of aliphatic carboxylic acids is 1. The van der Waals surface area contributed by atoms with Gasteiger partial charge in [0.2, 0.25) is 0 Å². The molecule has 1 heterocycles. The van der Waals surface area contributed by atoms with E-state index in [1.807, 2.05) is 0 Å². The predicted octanol–water partition coefficient (Wildman–Crippen LogP) is 1.29. The molecule has 1 fully saturated rings. The molecule has 6 heteroatoms. The van der Waals surface area contributed by atoms with Gasteiger partial charge < -0.3 is 19.5 Å². The first kappa shape index (κ1) is 14.3. The number of anilines is 1. The van der Waals surface area contributed by atoms with E-state index in [0.29, 0.717) is 24.3 Å². The van der Waals surface area contributed by atoms with Crippen molar-refractivity contribution in [1.29, 1.82) is 0 Å². The van der Waals surface area contributed by atoms with Crippen LogP contribution in [0.1, 0.15) is 12.8 Å². The summed E-state index contributed by atoms with van der Waals surface area (Å²) in [6, 6.07) is 7.05. The molecule has 0 aliphatic carbocycles. The molecule has 1 amide bonds. The largest absolute Gasteiger partial charge is 0.497 e. The van der Waals surface area contributed by atoms with Crippen LogP contribution in [0.3, 0.4) is 0 Å². The SMILES string of the molecule is COc1ccc(N(C)C(=O)C2CCC(C(=O)O)O2)cc1. The minimum absolute atomic E-state index is 0.237. The molecule has 1 aromatic carbocycles. The highest BCUT2D eigenvalue weighted by atomic mass is 16.5. The van der Waals surface area contributed by atoms with Crippen LogP contribution in [0.25, 0.3) is 0 Å². The highest BCUT2D eigenvalue weighted by Crippen LogP contribution is 2.24. The van der Waals surface area contributed by atoms with Gasteiger partial charge in [-0.1, -0.05) is 0 Å². The fourth-order valence-electron chi connectivity index (χ4n) is 2.15. The van der Waals surface area contributed by atoms with Gasteiger partial charge in [0.15, 0.2) is 6.10 Å². The molecular weight excluding hydrogens is 262 g/mol. The molecular formula is C14H17NO5. The van der Waals surface area contributed by atoms with E-state index in [9.17, 15) is 9.59 Å². The van der Waals surface area contributed by atoms with Crippen LogP contribution in [0.15, 0.2) is 24.3 Å². The molecule has 1 saturated heterocycles. The first-order valence-electron chi connectivity index (χ1n) is 6.33. The molecule has 2 rings (SSSR count). The minimum atomic E-state index is -1.02. The molecule has 0 saturated carbocycles. The van der Waals surface area contributed by atoms with Crippen molar-refractivity contribution in [2.24, 2.45) is 0 Å². The zero-order valence-corrected chi connectivity index (χ0v) is 11.4. The Morgan fingerprint density at radius 3 is 2.35 bits per heavy atom. The van der Waals surface area contributed by atoms with Gasteiger partial charge in [-0.3, -0.25) is 4.79 Å². The number of carboxylic acid groups (broad SMARTS) is 1. The zero-order valence-electron chi connectivity index (χ0n) is 11.4. The van der Waals surface area contributed by atoms with Gasteiger partial charge in [-0.15, -0.1) is 0 Å². The Labute approximate surface area is 116 Å². The lowest BCUT2D eigenvalue weighted by atomic mass is 10.1. The van der Waals surface area contributed by atoms with Crippen molar-refractivity contribution < 1.29 is 24.2 Å². The number of ether oxygens (including phenoxy) is 2. The highest BCUT2D eigenvalue weighted by Gasteiger charge is 2.36. The molecule has 0 aromatic heterocycles. The summed E-state index contributed by atoms with van der Waals surface area (Å²) in [6.45, 7) is 0. The van der Waals surface area contributed by atoms with Crippen LogP contribution in [0.4, 0.5) is 5.69 Å². The lowest BCUT2D eigenvalue weighted by molar-refractivity contribution is -0.151. The second kappa shape index (κ2) is 5.92. The van der Waals surface area contributed by atoms with Gasteiger partial charge in [0.25, 0.3) is 5.91 Å². The van der Waals surface area contributed by atoms with Gasteiger partial charge in [-0.25, -0.2) is 4.79 Å². The van der Waals surface area contributed by atoms with Crippen molar-refractivity contribution in [3.05, 3.63) is 24.3 Å². The number of carbonyl (C=O) groups excluding carboxylic acids is 1. The predicted molar refractivity (Wildman–Crippen MR) is 71.9 cm³/mol. The molecule has 20 heavy (non-hydrogen) atoms. The number of hydrogen-bond donors (Lipinski definition) is 1. The average molecular weight is 279 g/mol. The third-order valence-corrected chi connectivity index (χ3v) is 3.36. The molecule has 2 atom stereocenters. The van der Waals surface area contributed by atoms with Gasteiger partial charge in [0.1, 0.15) is 11.9 Å². The second-order valence-corrected chi connectivity index (χ2v) is 4.62. The van der Waals surface area contributed by atoms with Crippen LogP contribution < -0.4 is 9.64 Å². The smallest absolute Gasteiger partial charge is 0.332 e. The Morgan fingerprint density at radius 1 is 1.25 bits per heavy atom. The summed E-state index contributed by atoms with van der Waals surface area (Å²) in [6.07, 6.45) is -0.783. The number of amides is 1. The number of carboxylic acids is 1. The zero-order chi connectivity index (χ0) is 14.7. The maximum Gasteiger partial charge on any atom is 0.332 e. The first-order chi connectivity index (χ1) is 9.52. The standard InChI is InChI=1S/C14H17NO5/c1-15(9-3-5-10(19-2)6-4-9)13(16)11-7-8-12(20-11)14(17)18/h3-6,11-12H,7-8H2,1-2H3,(H,17,18). The number of nitrogens with zero attached hydrogens (tertiary/aromatic N) is 1. The van der Waals surface area contributed by atoms with E-state index in [-0.39, 0.29) is 5.91 Å². The number of benzene rings is 1. The van der Waals surface area contributed by atoms with Crippen LogP contribution in [0.2, 0.25) is 0 Å². The molecule has 1 aliphatic heterocycles. The van der Waals surface area contributed by atoms with E-state index in [1.54, 1.807) is 38.4 Å². The number of methoxy groups -OCH3 is 1. The van der Waals surface area contributed by atoms with Gasteiger partial charge in [-0.2, -0.15) is 0 Å². The van der Waals surface area contributed by atoms with Crippen LogP contribution in [0.5, 0.6) is 5.75 Å². The summed E-state index contributed by atoms with van der Waals surface area (Å²) < 4.78 is 10.3. The molecule has 6 nitrogen and oxygen atoms in total. The summed E-state index contributed by atoms with van der Waals surface area (Å²) in [5.74, 6) is -0.552. The Kier molecular flexibility index (Phi) is 4.24. The number of carbonyl (C=O) groups is 2. The summed E-state index contributed by atoms with van der Waals surface area (Å²) in [4.78, 5) is 24.5. The fourth-order valence-corrected chi connectivity index (χ4v) is 2.15. The van der Waals surface area contributed by atoms with Crippen molar-refractivity contribution in [1.82, 2.24) is 0 Å². The first-order valence-corrected chi connectivity index (χ1v) is 6.33. The molecule has 0 spiro atoms. The Hall–Kier alpha value is -2.08. The van der Waals surface area contributed by atoms with Gasteiger partial charge >= 0.3 is 5.97 Å². The average Bonchev–Trinajstić information content (AvgIpc) is 2.96. The number of hydrogen-bond acceptors (Lipinski definition) is 4. The highest BCUT2D eigenvalue weighted by molar-refractivity contribution is 5.96. The lowest BCUT2D eigenvalue weighted by Gasteiger charge is -2.21. The molecule has 1 N–H and O–H groups in total. The summed E-state index contributed by atoms with van der Waals surface area (Å²) in [5, 5.41) is 8.86. The van der Waals surface area contributed by atoms with E-state index in [1.165, 1.54) is 4.90 Å². The Bertz CT molecular complexity index is 499. The van der Waals surface area contributed by atoms with Crippen molar-refractivity contribution in [3.63, 3.8) is 0 Å². The van der Waals surface area contributed by atoms with E-state index < -0.39 is 18.2 Å². The van der Waals surface area contributed by atoms with Gasteiger partial charge in [-0.05, 0) is 37.1 Å². The lowest BCUT2D eigenvalue weighted by Crippen LogP contribution is -2.37. The minimum Gasteiger partial charge on any atom is -0.497 e. The van der Waals surface area contributed by atoms with Crippen molar-refractivity contribution in [2.75, 3.05) is 19.1 Å². The van der Waals surface area contributed by atoms with Crippen LogP contribution >= 0.6 is 0 Å². The third-order valence-electron chi connectivity index (χ3n) is 3.36. The fraction of sp³-hybridized carbons (Fsp3) is 0.429. The molecule has 2 unspecified atom stereocenters. The maximum absolute atomic E-state index is 12.2. The van der Waals surface area contributed by atoms with Crippen molar-refractivity contribution in [3.8, 4) is 5.75 Å². The van der Waals surface area contributed by atoms with Crippen LogP contribution in [-0.4, -0.2) is 43.3 Å². The van der Waals surface area contributed by atoms with Crippen molar-refractivity contribution >= 4 is 17.6 Å². The molecule has 0 radical (unpaired) electrons. The number of likely N-dealkylation sites (N-methyl/N-ethyl adjacent to an activating group) is 1. The summed E-state index contributed by atoms with van der Waals surface area (Å²) >= 11 is 0. The molecule has 0 bridgehead atoms. The van der Waals surface area contributed by atoms with E-state index in [0.717, 1.165) is 0 Å². The quantitative estimate of drug-likeness (QED) is 0.898. The van der Waals surface area contributed by atoms with Crippen LogP contribution in [-0.2, 0) is 14.3 Å². The summed E-state index contributed by atoms with van der Waals surface area (Å²) in [5.41, 5.74) is 0.707. The van der Waals surface area contributed by atoms with Gasteiger partial charge in [0.05, 0.1) is 7.11 Å². The molecule has 1 aliphatic rings. The normalized spacial score (nSPS) is 21.5. The van der Waals surface area contributed by atoms with E-state index in [4.69, 9.17) is 14.6 Å². The van der Waals surface area contributed by atoms with E-state index in [2.05, 4.69) is 0 Å². The third kappa shape index (κ3) is 2.91. The topological polar surface area (TPSA) is 76.1 Å². The monoisotopic (exact) mass is 279 g/mol. The molecule has 1 aromatic rings. The summed E-state index contributed by atoms with van der Waals surface area (Å²) in [7, 11) is 3.21. The Morgan fingerprint density at radius 2 is 1.85 bits per heavy atom. The Balaban J connectivity index is 2.03. The molecule has 108 valence electrons.